The summed E-state index contributed by atoms with van der Waals surface area (Å²) in [5, 5.41) is 11.3. The van der Waals surface area contributed by atoms with E-state index < -0.39 is 0 Å². The molecular formula is C12H22N4. The monoisotopic (exact) mass is 222 g/mol. The lowest BCUT2D eigenvalue weighted by molar-refractivity contribution is 0.919. The van der Waals surface area contributed by atoms with Crippen LogP contribution in [0.25, 0.3) is 0 Å². The first-order valence-corrected chi connectivity index (χ1v) is 5.19. The number of hydrogen-bond donors (Lipinski definition) is 3. The fourth-order valence-corrected chi connectivity index (χ4v) is 0.642. The minimum atomic E-state index is 0.186. The highest BCUT2D eigenvalue weighted by Crippen LogP contribution is 1.90. The minimum absolute atomic E-state index is 0.186. The number of hydrazone groups is 1. The van der Waals surface area contributed by atoms with Crippen molar-refractivity contribution < 1.29 is 0 Å². The molecule has 0 amide bonds. The largest absolute Gasteiger partial charge is 0.325 e. The molecule has 4 nitrogen and oxygen atoms in total. The van der Waals surface area contributed by atoms with E-state index in [9.17, 15) is 0 Å². The topological polar surface area (TPSA) is 74.3 Å². The summed E-state index contributed by atoms with van der Waals surface area (Å²) < 4.78 is 0. The zero-order chi connectivity index (χ0) is 13.0. The van der Waals surface area contributed by atoms with Crippen molar-refractivity contribution in [2.75, 3.05) is 6.54 Å². The zero-order valence-electron chi connectivity index (χ0n) is 10.4. The van der Waals surface area contributed by atoms with E-state index in [1.54, 1.807) is 25.2 Å². The number of nitrogens with two attached hydrogens (primary N) is 1. The van der Waals surface area contributed by atoms with Crippen LogP contribution >= 0.6 is 0 Å². The Hall–Kier alpha value is -1.68. The van der Waals surface area contributed by atoms with Crippen LogP contribution in [0.1, 0.15) is 20.8 Å². The first-order chi connectivity index (χ1) is 7.65. The van der Waals surface area contributed by atoms with Gasteiger partial charge in [0.05, 0.1) is 17.1 Å². The number of hydrogen-bond acceptors (Lipinski definition) is 4. The third kappa shape index (κ3) is 7.70. The standard InChI is InChI=1S/C10H16N4.C2H6/c1-4-6-9(5-2)14-13-8(3)10(12)7-11;1-2/h4-6,12,14H,1-2,7,11H2,3H3;1-2H3/b9-6+,12-10?,13-8-;. The zero-order valence-corrected chi connectivity index (χ0v) is 10.4. The molecule has 0 atom stereocenters. The van der Waals surface area contributed by atoms with Crippen LogP contribution in [-0.2, 0) is 0 Å². The molecular weight excluding hydrogens is 200 g/mol. The average molecular weight is 222 g/mol. The quantitative estimate of drug-likeness (QED) is 0.366. The van der Waals surface area contributed by atoms with Crippen LogP contribution in [0.15, 0.2) is 42.2 Å². The molecule has 0 aliphatic rings. The predicted molar refractivity (Wildman–Crippen MR) is 72.9 cm³/mol. The van der Waals surface area contributed by atoms with Crippen molar-refractivity contribution in [3.63, 3.8) is 0 Å². The van der Waals surface area contributed by atoms with E-state index in [1.807, 2.05) is 13.8 Å². The molecule has 0 heterocycles. The normalized spacial score (nSPS) is 11.0. The van der Waals surface area contributed by atoms with Gasteiger partial charge in [-0.05, 0) is 19.1 Å². The molecule has 4 heteroatoms. The second-order valence-electron chi connectivity index (χ2n) is 2.55. The highest BCUT2D eigenvalue weighted by atomic mass is 15.3. The fourth-order valence-electron chi connectivity index (χ4n) is 0.642. The van der Waals surface area contributed by atoms with Gasteiger partial charge in [0.15, 0.2) is 0 Å². The van der Waals surface area contributed by atoms with Gasteiger partial charge in [-0.15, -0.1) is 0 Å². The smallest absolute Gasteiger partial charge is 0.0796 e. The molecule has 0 aliphatic carbocycles. The molecule has 0 spiro atoms. The predicted octanol–water partition coefficient (Wildman–Crippen LogP) is 2.21. The summed E-state index contributed by atoms with van der Waals surface area (Å²) in [6.45, 7) is 13.1. The molecule has 0 aromatic rings. The first kappa shape index (κ1) is 16.7. The lowest BCUT2D eigenvalue weighted by Crippen LogP contribution is -2.22. The summed E-state index contributed by atoms with van der Waals surface area (Å²) in [5.41, 5.74) is 9.63. The lowest BCUT2D eigenvalue weighted by atomic mass is 10.3. The van der Waals surface area contributed by atoms with Crippen molar-refractivity contribution in [1.29, 1.82) is 5.41 Å². The molecule has 16 heavy (non-hydrogen) atoms. The van der Waals surface area contributed by atoms with Crippen LogP contribution in [0.3, 0.4) is 0 Å². The van der Waals surface area contributed by atoms with Crippen LogP contribution in [0.4, 0.5) is 0 Å². The number of rotatable bonds is 6. The molecule has 90 valence electrons. The summed E-state index contributed by atoms with van der Waals surface area (Å²) >= 11 is 0. The van der Waals surface area contributed by atoms with Gasteiger partial charge < -0.3 is 11.1 Å². The van der Waals surface area contributed by atoms with Crippen molar-refractivity contribution in [1.82, 2.24) is 5.43 Å². The van der Waals surface area contributed by atoms with Crippen molar-refractivity contribution in [3.05, 3.63) is 37.1 Å². The molecule has 0 rings (SSSR count). The van der Waals surface area contributed by atoms with Crippen LogP contribution in [0.5, 0.6) is 0 Å². The fraction of sp³-hybridized carbons (Fsp3) is 0.333. The Bertz CT molecular complexity index is 287. The third-order valence-corrected chi connectivity index (χ3v) is 1.51. The van der Waals surface area contributed by atoms with Crippen LogP contribution in [0.2, 0.25) is 0 Å². The Balaban J connectivity index is 0. The molecule has 0 saturated carbocycles. The highest BCUT2D eigenvalue weighted by molar-refractivity contribution is 6.40. The van der Waals surface area contributed by atoms with Gasteiger partial charge in [-0.1, -0.05) is 33.1 Å². The Morgan fingerprint density at radius 2 is 2.00 bits per heavy atom. The Morgan fingerprint density at radius 3 is 2.38 bits per heavy atom. The van der Waals surface area contributed by atoms with Gasteiger partial charge in [0, 0.05) is 6.54 Å². The van der Waals surface area contributed by atoms with E-state index in [0.29, 0.717) is 11.4 Å². The molecule has 0 radical (unpaired) electrons. The highest BCUT2D eigenvalue weighted by Gasteiger charge is 1.97. The molecule has 0 fully saturated rings. The Morgan fingerprint density at radius 1 is 1.44 bits per heavy atom. The van der Waals surface area contributed by atoms with E-state index in [4.69, 9.17) is 11.1 Å². The maximum absolute atomic E-state index is 7.39. The van der Waals surface area contributed by atoms with E-state index in [0.717, 1.165) is 5.70 Å². The molecule has 0 aromatic heterocycles. The molecule has 0 bridgehead atoms. The van der Waals surface area contributed by atoms with E-state index in [-0.39, 0.29) is 6.54 Å². The van der Waals surface area contributed by atoms with Crippen LogP contribution in [0, 0.1) is 5.41 Å². The first-order valence-electron chi connectivity index (χ1n) is 5.19. The Kier molecular flexibility index (Phi) is 11.9. The summed E-state index contributed by atoms with van der Waals surface area (Å²) in [5.74, 6) is 0. The summed E-state index contributed by atoms with van der Waals surface area (Å²) in [6.07, 6.45) is 4.98. The maximum atomic E-state index is 7.39. The summed E-state index contributed by atoms with van der Waals surface area (Å²) in [7, 11) is 0. The van der Waals surface area contributed by atoms with Gasteiger partial charge in [0.1, 0.15) is 0 Å². The van der Waals surface area contributed by atoms with Crippen molar-refractivity contribution in [3.8, 4) is 0 Å². The molecule has 0 saturated heterocycles. The van der Waals surface area contributed by atoms with E-state index in [2.05, 4.69) is 23.7 Å². The van der Waals surface area contributed by atoms with Gasteiger partial charge in [0.25, 0.3) is 0 Å². The second-order valence-corrected chi connectivity index (χ2v) is 2.55. The maximum Gasteiger partial charge on any atom is 0.0796 e. The number of nitrogens with zero attached hydrogens (tertiary/aromatic N) is 1. The second kappa shape index (κ2) is 11.4. The van der Waals surface area contributed by atoms with Crippen molar-refractivity contribution in [2.45, 2.75) is 20.8 Å². The third-order valence-electron chi connectivity index (χ3n) is 1.51. The van der Waals surface area contributed by atoms with Crippen molar-refractivity contribution >= 4 is 11.4 Å². The molecule has 4 N–H and O–H groups in total. The van der Waals surface area contributed by atoms with Gasteiger partial charge in [-0.3, -0.25) is 5.43 Å². The molecule has 0 aliphatic heterocycles. The van der Waals surface area contributed by atoms with Crippen LogP contribution < -0.4 is 11.2 Å². The van der Waals surface area contributed by atoms with Gasteiger partial charge in [0.2, 0.25) is 0 Å². The van der Waals surface area contributed by atoms with Crippen LogP contribution in [-0.4, -0.2) is 18.0 Å². The summed E-state index contributed by atoms with van der Waals surface area (Å²) in [6, 6.07) is 0. The minimum Gasteiger partial charge on any atom is -0.325 e. The van der Waals surface area contributed by atoms with Gasteiger partial charge in [-0.2, -0.15) is 5.10 Å². The Labute approximate surface area is 98.1 Å². The average Bonchev–Trinajstić information content (AvgIpc) is 2.35. The molecule has 0 unspecified atom stereocenters. The van der Waals surface area contributed by atoms with Crippen molar-refractivity contribution in [2.24, 2.45) is 10.8 Å². The summed E-state index contributed by atoms with van der Waals surface area (Å²) in [4.78, 5) is 0. The van der Waals surface area contributed by atoms with E-state index >= 15 is 0 Å². The molecule has 0 aromatic carbocycles. The lowest BCUT2D eigenvalue weighted by Gasteiger charge is -2.02. The number of nitrogens with one attached hydrogen (secondary N) is 2. The SMILES string of the molecule is C=C/C=C(\C=C)N/N=C(/C)C(=N)CN.CC. The van der Waals surface area contributed by atoms with Gasteiger partial charge >= 0.3 is 0 Å². The van der Waals surface area contributed by atoms with Gasteiger partial charge in [-0.25, -0.2) is 0 Å². The van der Waals surface area contributed by atoms with E-state index in [1.165, 1.54) is 0 Å². The number of allylic oxidation sites excluding steroid dienone is 3.